The van der Waals surface area contributed by atoms with Crippen LogP contribution in [0.5, 0.6) is 0 Å². The maximum atomic E-state index is 12.1. The van der Waals surface area contributed by atoms with Gasteiger partial charge in [-0.15, -0.1) is 0 Å². The Bertz CT molecular complexity index is 1260. The Balaban J connectivity index is 1.77. The third-order valence-electron chi connectivity index (χ3n) is 4.70. The highest BCUT2D eigenvalue weighted by atomic mass is 16.1. The number of fused-ring (bicyclic) bond motifs is 1. The number of carbonyl (C=O) groups excluding carboxylic acids is 2. The van der Waals surface area contributed by atoms with Crippen LogP contribution in [0.3, 0.4) is 0 Å². The number of rotatable bonds is 6. The first kappa shape index (κ1) is 18.9. The number of benzene rings is 2. The lowest BCUT2D eigenvalue weighted by Crippen LogP contribution is -2.12. The van der Waals surface area contributed by atoms with Gasteiger partial charge in [0.05, 0.1) is 5.69 Å². The van der Waals surface area contributed by atoms with Gasteiger partial charge in [-0.3, -0.25) is 9.59 Å². The van der Waals surface area contributed by atoms with Gasteiger partial charge in [-0.2, -0.15) is 0 Å². The second-order valence-corrected chi connectivity index (χ2v) is 6.68. The largest absolute Gasteiger partial charge is 0.366 e. The van der Waals surface area contributed by atoms with Crippen molar-refractivity contribution >= 4 is 45.9 Å². The number of hydrogen-bond donors (Lipinski definition) is 4. The SMILES string of the molecule is NC(=O)C(=Cc1c[nH]c2nccc(Nc3ccc(C(N)=O)cc3)c12)c1ccccc1. The molecule has 0 aliphatic heterocycles. The molecule has 2 aromatic heterocycles. The highest BCUT2D eigenvalue weighted by Crippen LogP contribution is 2.30. The molecule has 0 atom stereocenters. The van der Waals surface area contributed by atoms with Gasteiger partial charge in [-0.05, 0) is 42.0 Å². The number of nitrogens with two attached hydrogens (primary N) is 2. The van der Waals surface area contributed by atoms with Crippen LogP contribution in [0.4, 0.5) is 11.4 Å². The Morgan fingerprint density at radius 2 is 1.67 bits per heavy atom. The van der Waals surface area contributed by atoms with Gasteiger partial charge in [0.2, 0.25) is 11.8 Å². The first-order valence-electron chi connectivity index (χ1n) is 9.23. The van der Waals surface area contributed by atoms with Crippen LogP contribution in [0.25, 0.3) is 22.7 Å². The molecule has 2 amide bonds. The topological polar surface area (TPSA) is 127 Å². The maximum absolute atomic E-state index is 12.1. The van der Waals surface area contributed by atoms with Crippen LogP contribution in [0.1, 0.15) is 21.5 Å². The van der Waals surface area contributed by atoms with Gasteiger partial charge in [0.15, 0.2) is 0 Å². The highest BCUT2D eigenvalue weighted by Gasteiger charge is 2.13. The van der Waals surface area contributed by atoms with Crippen molar-refractivity contribution in [2.75, 3.05) is 5.32 Å². The zero-order valence-electron chi connectivity index (χ0n) is 15.9. The summed E-state index contributed by atoms with van der Waals surface area (Å²) in [7, 11) is 0. The number of pyridine rings is 1. The molecule has 2 aromatic carbocycles. The molecule has 30 heavy (non-hydrogen) atoms. The quantitative estimate of drug-likeness (QED) is 0.372. The molecule has 148 valence electrons. The van der Waals surface area contributed by atoms with E-state index in [2.05, 4.69) is 15.3 Å². The molecule has 0 unspecified atom stereocenters. The lowest BCUT2D eigenvalue weighted by Gasteiger charge is -2.09. The van der Waals surface area contributed by atoms with Crippen molar-refractivity contribution in [3.8, 4) is 0 Å². The number of primary amides is 2. The summed E-state index contributed by atoms with van der Waals surface area (Å²) in [5.74, 6) is -0.998. The van der Waals surface area contributed by atoms with Gasteiger partial charge in [-0.25, -0.2) is 4.98 Å². The maximum Gasteiger partial charge on any atom is 0.249 e. The van der Waals surface area contributed by atoms with Crippen molar-refractivity contribution in [3.63, 3.8) is 0 Å². The number of hydrogen-bond acceptors (Lipinski definition) is 4. The molecule has 0 radical (unpaired) electrons. The first-order chi connectivity index (χ1) is 14.5. The molecule has 6 N–H and O–H groups in total. The van der Waals surface area contributed by atoms with Crippen LogP contribution in [0, 0.1) is 0 Å². The molecule has 7 heteroatoms. The molecule has 0 bridgehead atoms. The molecule has 4 aromatic rings. The summed E-state index contributed by atoms with van der Waals surface area (Å²) in [6, 6.07) is 17.9. The molecule has 0 aliphatic rings. The molecule has 4 rings (SSSR count). The molecule has 0 saturated heterocycles. The van der Waals surface area contributed by atoms with Gasteiger partial charge in [0.25, 0.3) is 0 Å². The third-order valence-corrected chi connectivity index (χ3v) is 4.70. The van der Waals surface area contributed by atoms with Crippen LogP contribution < -0.4 is 16.8 Å². The minimum atomic E-state index is -0.518. The summed E-state index contributed by atoms with van der Waals surface area (Å²) >= 11 is 0. The van der Waals surface area contributed by atoms with E-state index in [-0.39, 0.29) is 0 Å². The Hall–Kier alpha value is -4.39. The summed E-state index contributed by atoms with van der Waals surface area (Å²) in [4.78, 5) is 30.9. The van der Waals surface area contributed by atoms with Gasteiger partial charge in [0, 0.05) is 40.2 Å². The average Bonchev–Trinajstić information content (AvgIpc) is 3.17. The lowest BCUT2D eigenvalue weighted by molar-refractivity contribution is -0.112. The number of anilines is 2. The standard InChI is InChI=1S/C23H19N5O2/c24-21(29)15-6-8-17(9-7-15)28-19-10-11-26-23-20(19)16(13-27-23)12-18(22(25)30)14-4-2-1-3-5-14/h1-13H,(H2,24,29)(H2,25,30)(H2,26,27,28). The Labute approximate surface area is 172 Å². The van der Waals surface area contributed by atoms with E-state index in [1.54, 1.807) is 42.7 Å². The smallest absolute Gasteiger partial charge is 0.249 e. The second-order valence-electron chi connectivity index (χ2n) is 6.68. The van der Waals surface area contributed by atoms with Crippen molar-refractivity contribution in [3.05, 3.63) is 89.7 Å². The second kappa shape index (κ2) is 7.92. The molecule has 0 aliphatic carbocycles. The van der Waals surface area contributed by atoms with Crippen molar-refractivity contribution in [1.82, 2.24) is 9.97 Å². The zero-order valence-corrected chi connectivity index (χ0v) is 15.9. The number of carbonyl (C=O) groups is 2. The monoisotopic (exact) mass is 397 g/mol. The predicted molar refractivity (Wildman–Crippen MR) is 118 cm³/mol. The van der Waals surface area contributed by atoms with E-state index in [9.17, 15) is 9.59 Å². The first-order valence-corrected chi connectivity index (χ1v) is 9.23. The Morgan fingerprint density at radius 1 is 0.933 bits per heavy atom. The number of H-pyrrole nitrogens is 1. The van der Waals surface area contributed by atoms with Crippen molar-refractivity contribution in [2.24, 2.45) is 11.5 Å². The Morgan fingerprint density at radius 3 is 2.33 bits per heavy atom. The average molecular weight is 397 g/mol. The van der Waals surface area contributed by atoms with Crippen molar-refractivity contribution in [2.45, 2.75) is 0 Å². The van der Waals surface area contributed by atoms with E-state index >= 15 is 0 Å². The number of nitrogens with one attached hydrogen (secondary N) is 2. The van der Waals surface area contributed by atoms with Crippen LogP contribution in [0.2, 0.25) is 0 Å². The predicted octanol–water partition coefficient (Wildman–Crippen LogP) is 3.43. The van der Waals surface area contributed by atoms with Crippen LogP contribution >= 0.6 is 0 Å². The van der Waals surface area contributed by atoms with Crippen LogP contribution in [0.15, 0.2) is 73.1 Å². The third kappa shape index (κ3) is 3.77. The van der Waals surface area contributed by atoms with E-state index in [0.29, 0.717) is 16.8 Å². The number of nitrogens with zero attached hydrogens (tertiary/aromatic N) is 1. The zero-order chi connectivity index (χ0) is 21.1. The summed E-state index contributed by atoms with van der Waals surface area (Å²) in [6.45, 7) is 0. The number of aromatic nitrogens is 2. The number of aromatic amines is 1. The van der Waals surface area contributed by atoms with Gasteiger partial charge >= 0.3 is 0 Å². The number of amides is 2. The fourth-order valence-corrected chi connectivity index (χ4v) is 3.24. The molecular formula is C23H19N5O2. The minimum Gasteiger partial charge on any atom is -0.366 e. The van der Waals surface area contributed by atoms with E-state index < -0.39 is 11.8 Å². The summed E-state index contributed by atoms with van der Waals surface area (Å²) in [5, 5.41) is 4.14. The van der Waals surface area contributed by atoms with E-state index in [1.165, 1.54) is 0 Å². The fourth-order valence-electron chi connectivity index (χ4n) is 3.24. The van der Waals surface area contributed by atoms with Crippen molar-refractivity contribution < 1.29 is 9.59 Å². The van der Waals surface area contributed by atoms with E-state index in [0.717, 1.165) is 27.9 Å². The normalized spacial score (nSPS) is 11.4. The highest BCUT2D eigenvalue weighted by molar-refractivity contribution is 6.24. The van der Waals surface area contributed by atoms with E-state index in [4.69, 9.17) is 11.5 Å². The summed E-state index contributed by atoms with van der Waals surface area (Å²) in [6.07, 6.45) is 5.21. The lowest BCUT2D eigenvalue weighted by atomic mass is 10.0. The van der Waals surface area contributed by atoms with Crippen LogP contribution in [-0.2, 0) is 4.79 Å². The van der Waals surface area contributed by atoms with Gasteiger partial charge in [-0.1, -0.05) is 30.3 Å². The van der Waals surface area contributed by atoms with E-state index in [1.807, 2.05) is 36.4 Å². The van der Waals surface area contributed by atoms with Crippen LogP contribution in [-0.4, -0.2) is 21.8 Å². The molecule has 2 heterocycles. The molecule has 0 fully saturated rings. The van der Waals surface area contributed by atoms with Crippen molar-refractivity contribution in [1.29, 1.82) is 0 Å². The molecule has 0 saturated carbocycles. The minimum absolute atomic E-state index is 0.400. The molecular weight excluding hydrogens is 378 g/mol. The summed E-state index contributed by atoms with van der Waals surface area (Å²) in [5.41, 5.74) is 15.5. The summed E-state index contributed by atoms with van der Waals surface area (Å²) < 4.78 is 0. The molecule has 0 spiro atoms. The fraction of sp³-hybridized carbons (Fsp3) is 0. The van der Waals surface area contributed by atoms with Gasteiger partial charge in [0.1, 0.15) is 5.65 Å². The Kier molecular flexibility index (Phi) is 5.00. The van der Waals surface area contributed by atoms with Gasteiger partial charge < -0.3 is 21.8 Å². The molecule has 7 nitrogen and oxygen atoms in total.